The maximum atomic E-state index is 12.8. The van der Waals surface area contributed by atoms with E-state index in [1.54, 1.807) is 19.1 Å². The number of rotatable bonds is 12. The lowest BCUT2D eigenvalue weighted by Crippen LogP contribution is -2.36. The Hall–Kier alpha value is -2.70. The summed E-state index contributed by atoms with van der Waals surface area (Å²) in [6.07, 6.45) is -0.596. The van der Waals surface area contributed by atoms with Gasteiger partial charge < -0.3 is 18.9 Å². The van der Waals surface area contributed by atoms with Gasteiger partial charge in [-0.25, -0.2) is 9.59 Å². The van der Waals surface area contributed by atoms with Gasteiger partial charge in [0.15, 0.2) is 12.2 Å². The Morgan fingerprint density at radius 2 is 1.23 bits per heavy atom. The molecule has 2 aromatic carbocycles. The van der Waals surface area contributed by atoms with Crippen molar-refractivity contribution in [2.45, 2.75) is 57.5 Å². The summed E-state index contributed by atoms with van der Waals surface area (Å²) in [5.74, 6) is -1.03. The Balaban J connectivity index is 2.09. The molecule has 0 saturated carbocycles. The van der Waals surface area contributed by atoms with Gasteiger partial charge in [0.1, 0.15) is 12.2 Å². The average Bonchev–Trinajstić information content (AvgIpc) is 2.79. The third-order valence-electron chi connectivity index (χ3n) is 5.04. The molecule has 2 rings (SSSR count). The molecule has 0 amide bonds. The number of carbonyl (C=O) groups is 2. The first kappa shape index (κ1) is 24.6. The van der Waals surface area contributed by atoms with Crippen molar-refractivity contribution in [3.05, 3.63) is 71.8 Å². The summed E-state index contributed by atoms with van der Waals surface area (Å²) in [5, 5.41) is 0. The van der Waals surface area contributed by atoms with E-state index in [1.807, 2.05) is 55.5 Å². The van der Waals surface area contributed by atoms with Crippen molar-refractivity contribution in [1.82, 2.24) is 0 Å². The van der Waals surface area contributed by atoms with E-state index in [4.69, 9.17) is 18.9 Å². The van der Waals surface area contributed by atoms with Crippen LogP contribution in [0.4, 0.5) is 0 Å². The molecule has 0 heterocycles. The summed E-state index contributed by atoms with van der Waals surface area (Å²) in [6, 6.07) is 18.3. The van der Waals surface area contributed by atoms with Gasteiger partial charge in [-0.15, -0.1) is 0 Å². The van der Waals surface area contributed by atoms with E-state index < -0.39 is 36.4 Å². The highest BCUT2D eigenvalue weighted by molar-refractivity contribution is 5.77. The van der Waals surface area contributed by atoms with Gasteiger partial charge in [0.05, 0.1) is 0 Å². The predicted octanol–water partition coefficient (Wildman–Crippen LogP) is 4.80. The van der Waals surface area contributed by atoms with Crippen LogP contribution >= 0.6 is 0 Å². The summed E-state index contributed by atoms with van der Waals surface area (Å²) < 4.78 is 22.1. The summed E-state index contributed by atoms with van der Waals surface area (Å²) in [5.41, 5.74) is 1.41. The van der Waals surface area contributed by atoms with Gasteiger partial charge in [-0.05, 0) is 30.9 Å². The molecule has 0 aromatic heterocycles. The normalized spacial score (nSPS) is 14.8. The van der Waals surface area contributed by atoms with Crippen LogP contribution in [-0.2, 0) is 28.5 Å². The summed E-state index contributed by atoms with van der Waals surface area (Å²) in [4.78, 5) is 25.6. The molecular formula is C25H32O6. The van der Waals surface area contributed by atoms with Crippen molar-refractivity contribution >= 4 is 11.9 Å². The van der Waals surface area contributed by atoms with E-state index in [-0.39, 0.29) is 0 Å². The van der Waals surface area contributed by atoms with Gasteiger partial charge in [0.2, 0.25) is 0 Å². The zero-order chi connectivity index (χ0) is 22.6. The van der Waals surface area contributed by atoms with Crippen LogP contribution in [0.1, 0.15) is 56.4 Å². The number of unbranched alkanes of at least 4 members (excludes halogenated alkanes) is 1. The van der Waals surface area contributed by atoms with Crippen LogP contribution in [0.15, 0.2) is 60.7 Å². The summed E-state index contributed by atoms with van der Waals surface area (Å²) in [6.45, 7) is 3.78. The van der Waals surface area contributed by atoms with E-state index in [1.165, 1.54) is 14.2 Å². The maximum absolute atomic E-state index is 12.8. The minimum absolute atomic E-state index is 0.510. The van der Waals surface area contributed by atoms with Gasteiger partial charge in [0, 0.05) is 14.2 Å². The summed E-state index contributed by atoms with van der Waals surface area (Å²) in [7, 11) is 2.92. The molecule has 0 bridgehead atoms. The first-order valence-corrected chi connectivity index (χ1v) is 10.6. The van der Waals surface area contributed by atoms with E-state index in [2.05, 4.69) is 0 Å². The Kier molecular flexibility index (Phi) is 10.2. The number of benzene rings is 2. The van der Waals surface area contributed by atoms with E-state index in [9.17, 15) is 9.59 Å². The van der Waals surface area contributed by atoms with Gasteiger partial charge in [0.25, 0.3) is 0 Å². The first-order chi connectivity index (χ1) is 15.0. The number of hydrogen-bond donors (Lipinski definition) is 0. The fraction of sp³-hybridized carbons (Fsp3) is 0.440. The third-order valence-corrected chi connectivity index (χ3v) is 5.04. The van der Waals surface area contributed by atoms with E-state index >= 15 is 0 Å². The SMILES string of the molecule is CCCC[C@H](OC(=O)[C@@H](OC)c1ccccc1)[C@H](C)OC(=O)[C@@H](OC)c1ccccc1. The summed E-state index contributed by atoms with van der Waals surface area (Å²) >= 11 is 0. The molecule has 0 radical (unpaired) electrons. The molecule has 0 aliphatic heterocycles. The van der Waals surface area contributed by atoms with Crippen molar-refractivity contribution in [1.29, 1.82) is 0 Å². The van der Waals surface area contributed by atoms with Crippen LogP contribution in [0, 0.1) is 0 Å². The standard InChI is InChI=1S/C25H32O6/c1-5-6-17-21(31-25(27)23(29-4)20-15-11-8-12-16-20)18(2)30-24(26)22(28-3)19-13-9-7-10-14-19/h7-16,18,21-23H,5-6,17H2,1-4H3/t18-,21-,22-,23-/m0/s1. The molecule has 0 aliphatic rings. The molecule has 0 spiro atoms. The average molecular weight is 429 g/mol. The zero-order valence-corrected chi connectivity index (χ0v) is 18.7. The fourth-order valence-corrected chi connectivity index (χ4v) is 3.32. The Morgan fingerprint density at radius 1 is 0.774 bits per heavy atom. The Labute approximate surface area is 184 Å². The lowest BCUT2D eigenvalue weighted by Gasteiger charge is -2.27. The molecule has 6 nitrogen and oxygen atoms in total. The van der Waals surface area contributed by atoms with Crippen LogP contribution in [0.3, 0.4) is 0 Å². The predicted molar refractivity (Wildman–Crippen MR) is 117 cm³/mol. The minimum Gasteiger partial charge on any atom is -0.457 e. The molecule has 168 valence electrons. The topological polar surface area (TPSA) is 71.1 Å². The van der Waals surface area contributed by atoms with Crippen molar-refractivity contribution in [2.24, 2.45) is 0 Å². The Bertz CT molecular complexity index is 792. The molecule has 2 aromatic rings. The molecule has 0 aliphatic carbocycles. The van der Waals surface area contributed by atoms with Crippen molar-refractivity contribution < 1.29 is 28.5 Å². The quantitative estimate of drug-likeness (QED) is 0.453. The second kappa shape index (κ2) is 12.9. The van der Waals surface area contributed by atoms with Gasteiger partial charge in [-0.2, -0.15) is 0 Å². The van der Waals surface area contributed by atoms with E-state index in [0.29, 0.717) is 17.5 Å². The highest BCUT2D eigenvalue weighted by atomic mass is 16.6. The number of methoxy groups -OCH3 is 2. The number of ether oxygens (including phenoxy) is 4. The number of hydrogen-bond acceptors (Lipinski definition) is 6. The molecule has 31 heavy (non-hydrogen) atoms. The highest BCUT2D eigenvalue weighted by Gasteiger charge is 2.31. The second-order valence-corrected chi connectivity index (χ2v) is 7.31. The van der Waals surface area contributed by atoms with Crippen molar-refractivity contribution in [3.63, 3.8) is 0 Å². The maximum Gasteiger partial charge on any atom is 0.340 e. The smallest absolute Gasteiger partial charge is 0.340 e. The van der Waals surface area contributed by atoms with Gasteiger partial charge >= 0.3 is 11.9 Å². The van der Waals surface area contributed by atoms with Crippen LogP contribution in [0.25, 0.3) is 0 Å². The van der Waals surface area contributed by atoms with Crippen LogP contribution in [0.2, 0.25) is 0 Å². The third kappa shape index (κ3) is 7.19. The molecule has 0 fully saturated rings. The molecule has 0 N–H and O–H groups in total. The first-order valence-electron chi connectivity index (χ1n) is 10.6. The van der Waals surface area contributed by atoms with E-state index in [0.717, 1.165) is 12.8 Å². The highest BCUT2D eigenvalue weighted by Crippen LogP contribution is 2.24. The number of carbonyl (C=O) groups excluding carboxylic acids is 2. The molecule has 0 unspecified atom stereocenters. The monoisotopic (exact) mass is 428 g/mol. The van der Waals surface area contributed by atoms with Crippen molar-refractivity contribution in [2.75, 3.05) is 14.2 Å². The molecule has 4 atom stereocenters. The van der Waals surface area contributed by atoms with Crippen LogP contribution < -0.4 is 0 Å². The molecule has 6 heteroatoms. The van der Waals surface area contributed by atoms with Gasteiger partial charge in [-0.3, -0.25) is 0 Å². The lowest BCUT2D eigenvalue weighted by molar-refractivity contribution is -0.180. The van der Waals surface area contributed by atoms with Crippen LogP contribution in [-0.4, -0.2) is 38.4 Å². The van der Waals surface area contributed by atoms with Gasteiger partial charge in [-0.1, -0.05) is 74.0 Å². The molecule has 0 saturated heterocycles. The van der Waals surface area contributed by atoms with Crippen molar-refractivity contribution in [3.8, 4) is 0 Å². The van der Waals surface area contributed by atoms with Crippen LogP contribution in [0.5, 0.6) is 0 Å². The fourth-order valence-electron chi connectivity index (χ4n) is 3.32. The minimum atomic E-state index is -0.845. The number of esters is 2. The molecular weight excluding hydrogens is 396 g/mol. The Morgan fingerprint density at radius 3 is 1.65 bits per heavy atom. The largest absolute Gasteiger partial charge is 0.457 e. The lowest BCUT2D eigenvalue weighted by atomic mass is 10.1. The second-order valence-electron chi connectivity index (χ2n) is 7.31. The zero-order valence-electron chi connectivity index (χ0n) is 18.7.